The summed E-state index contributed by atoms with van der Waals surface area (Å²) in [6.07, 6.45) is 2.49. The number of phenols is 1. The first-order valence-electron chi connectivity index (χ1n) is 10.8. The van der Waals surface area contributed by atoms with Crippen molar-refractivity contribution in [2.45, 2.75) is 31.8 Å². The van der Waals surface area contributed by atoms with Crippen molar-refractivity contribution in [2.24, 2.45) is 5.92 Å². The topological polar surface area (TPSA) is 108 Å². The molecule has 0 saturated heterocycles. The molecule has 1 fully saturated rings. The number of benzene rings is 2. The predicted octanol–water partition coefficient (Wildman–Crippen LogP) is 5.67. The zero-order chi connectivity index (χ0) is 22.9. The number of ether oxygens (including phenoxy) is 1. The maximum absolute atomic E-state index is 11.1. The van der Waals surface area contributed by atoms with Crippen molar-refractivity contribution < 1.29 is 19.7 Å². The molecule has 4 aromatic rings. The maximum Gasteiger partial charge on any atom is 0.306 e. The van der Waals surface area contributed by atoms with Gasteiger partial charge in [0.2, 0.25) is 0 Å². The molecule has 1 saturated carbocycles. The molecule has 2 aromatic carbocycles. The van der Waals surface area contributed by atoms with Gasteiger partial charge in [-0.3, -0.25) is 4.79 Å². The van der Waals surface area contributed by atoms with E-state index in [0.29, 0.717) is 53.6 Å². The number of fused-ring (bicyclic) bond motifs is 1. The van der Waals surface area contributed by atoms with Crippen LogP contribution in [0, 0.1) is 5.92 Å². The lowest BCUT2D eigenvalue weighted by molar-refractivity contribution is -0.143. The van der Waals surface area contributed by atoms with Crippen molar-refractivity contribution in [3.05, 3.63) is 59.6 Å². The minimum Gasteiger partial charge on any atom is -0.507 e. The van der Waals surface area contributed by atoms with Gasteiger partial charge in [-0.05, 0) is 43.4 Å². The first kappa shape index (κ1) is 21.3. The fraction of sp³-hybridized carbons (Fsp3) is 0.240. The number of aromatic hydroxyl groups is 1. The average Bonchev–Trinajstić information content (AvgIpc) is 3.20. The van der Waals surface area contributed by atoms with Crippen molar-refractivity contribution in [2.75, 3.05) is 0 Å². The highest BCUT2D eigenvalue weighted by molar-refractivity contribution is 6.33. The molecule has 3 N–H and O–H groups in total. The third kappa shape index (κ3) is 4.36. The highest BCUT2D eigenvalue weighted by atomic mass is 35.5. The van der Waals surface area contributed by atoms with Crippen LogP contribution in [-0.4, -0.2) is 37.2 Å². The van der Waals surface area contributed by atoms with Crippen LogP contribution in [0.3, 0.4) is 0 Å². The fourth-order valence-electron chi connectivity index (χ4n) is 4.26. The van der Waals surface area contributed by atoms with Crippen LogP contribution in [-0.2, 0) is 4.79 Å². The zero-order valence-corrected chi connectivity index (χ0v) is 18.4. The molecule has 5 rings (SSSR count). The van der Waals surface area contributed by atoms with Crippen LogP contribution < -0.4 is 4.74 Å². The van der Waals surface area contributed by atoms with E-state index < -0.39 is 5.97 Å². The summed E-state index contributed by atoms with van der Waals surface area (Å²) in [6, 6.07) is 17.0. The number of rotatable bonds is 5. The van der Waals surface area contributed by atoms with Crippen LogP contribution in [0.15, 0.2) is 54.6 Å². The lowest BCUT2D eigenvalue weighted by Gasteiger charge is -2.25. The third-order valence-electron chi connectivity index (χ3n) is 6.08. The minimum atomic E-state index is -0.739. The van der Waals surface area contributed by atoms with Crippen molar-refractivity contribution in [3.8, 4) is 34.1 Å². The number of imidazole rings is 1. The van der Waals surface area contributed by atoms with Crippen LogP contribution in [0.5, 0.6) is 11.8 Å². The number of aliphatic carboxylic acids is 1. The highest BCUT2D eigenvalue weighted by Gasteiger charge is 2.27. The Morgan fingerprint density at radius 1 is 1.00 bits per heavy atom. The second-order valence-electron chi connectivity index (χ2n) is 8.26. The summed E-state index contributed by atoms with van der Waals surface area (Å²) in [4.78, 5) is 23.3. The SMILES string of the molecule is O=C(O)[C@H]1CC[C@H](Oc2nc3nc(-c4ccc(-c5ccccc5O)cc4)c(Cl)cc3[nH]2)CC1. The van der Waals surface area contributed by atoms with E-state index in [-0.39, 0.29) is 17.8 Å². The van der Waals surface area contributed by atoms with E-state index >= 15 is 0 Å². The van der Waals surface area contributed by atoms with E-state index in [1.165, 1.54) is 0 Å². The van der Waals surface area contributed by atoms with Crippen molar-refractivity contribution in [3.63, 3.8) is 0 Å². The van der Waals surface area contributed by atoms with Crippen molar-refractivity contribution >= 4 is 28.7 Å². The molecule has 0 bridgehead atoms. The Labute approximate surface area is 195 Å². The Hall–Kier alpha value is -3.58. The molecule has 0 atom stereocenters. The lowest BCUT2D eigenvalue weighted by atomic mass is 9.87. The largest absolute Gasteiger partial charge is 0.507 e. The highest BCUT2D eigenvalue weighted by Crippen LogP contribution is 2.34. The molecule has 1 aliphatic carbocycles. The van der Waals surface area contributed by atoms with Crippen LogP contribution in [0.4, 0.5) is 0 Å². The van der Waals surface area contributed by atoms with Gasteiger partial charge in [0.1, 0.15) is 11.9 Å². The standard InChI is InChI=1S/C25H22ClN3O4/c26-19-13-20-23(29-25(27-20)33-17-11-9-16(10-12-17)24(31)32)28-22(19)15-7-5-14(6-8-15)18-3-1-2-4-21(18)30/h1-8,13,16-17,30H,9-12H2,(H,31,32)(H,27,28,29)/t16-,17-. The van der Waals surface area contributed by atoms with Gasteiger partial charge in [-0.15, -0.1) is 0 Å². The number of nitrogens with one attached hydrogen (secondary N) is 1. The van der Waals surface area contributed by atoms with Gasteiger partial charge in [-0.1, -0.05) is 54.1 Å². The van der Waals surface area contributed by atoms with Crippen LogP contribution in [0.2, 0.25) is 5.02 Å². The second-order valence-corrected chi connectivity index (χ2v) is 8.66. The molecule has 0 radical (unpaired) electrons. The molecule has 8 heteroatoms. The molecule has 2 heterocycles. The fourth-order valence-corrected chi connectivity index (χ4v) is 4.53. The van der Waals surface area contributed by atoms with Gasteiger partial charge in [0, 0.05) is 11.1 Å². The summed E-state index contributed by atoms with van der Waals surface area (Å²) in [5.41, 5.74) is 4.25. The number of phenolic OH excluding ortho intramolecular Hbond substituents is 1. The first-order chi connectivity index (χ1) is 16.0. The minimum absolute atomic E-state index is 0.0712. The van der Waals surface area contributed by atoms with Gasteiger partial charge in [0.05, 0.1) is 22.2 Å². The molecule has 2 aromatic heterocycles. The number of pyridine rings is 1. The summed E-state index contributed by atoms with van der Waals surface area (Å²) in [5, 5.41) is 19.7. The van der Waals surface area contributed by atoms with Crippen LogP contribution >= 0.6 is 11.6 Å². The Morgan fingerprint density at radius 3 is 2.39 bits per heavy atom. The molecule has 33 heavy (non-hydrogen) atoms. The summed E-state index contributed by atoms with van der Waals surface area (Å²) >= 11 is 6.52. The number of nitrogens with zero attached hydrogens (tertiary/aromatic N) is 2. The Balaban J connectivity index is 1.36. The number of para-hydroxylation sites is 1. The van der Waals surface area contributed by atoms with E-state index in [1.807, 2.05) is 36.4 Å². The molecular weight excluding hydrogens is 442 g/mol. The van der Waals surface area contributed by atoms with Gasteiger partial charge < -0.3 is 19.9 Å². The quantitative estimate of drug-likeness (QED) is 0.351. The Bertz CT molecular complexity index is 1310. The molecule has 168 valence electrons. The van der Waals surface area contributed by atoms with E-state index in [9.17, 15) is 9.90 Å². The monoisotopic (exact) mass is 463 g/mol. The van der Waals surface area contributed by atoms with Gasteiger partial charge in [0.25, 0.3) is 6.01 Å². The lowest BCUT2D eigenvalue weighted by Crippen LogP contribution is -2.28. The van der Waals surface area contributed by atoms with Crippen LogP contribution in [0.1, 0.15) is 25.7 Å². The molecule has 0 unspecified atom stereocenters. The number of aromatic amines is 1. The van der Waals surface area contributed by atoms with Gasteiger partial charge >= 0.3 is 5.97 Å². The first-order valence-corrected chi connectivity index (χ1v) is 11.2. The molecule has 0 amide bonds. The van der Waals surface area contributed by atoms with E-state index in [1.54, 1.807) is 18.2 Å². The molecule has 0 spiro atoms. The van der Waals surface area contributed by atoms with Gasteiger partial charge in [-0.25, -0.2) is 4.98 Å². The molecule has 7 nitrogen and oxygen atoms in total. The number of H-pyrrole nitrogens is 1. The van der Waals surface area contributed by atoms with Crippen LogP contribution in [0.25, 0.3) is 33.5 Å². The van der Waals surface area contributed by atoms with E-state index in [2.05, 4.69) is 15.0 Å². The van der Waals surface area contributed by atoms with Gasteiger partial charge in [-0.2, -0.15) is 4.98 Å². The molecular formula is C25H22ClN3O4. The van der Waals surface area contributed by atoms with Crippen molar-refractivity contribution in [1.82, 2.24) is 15.0 Å². The van der Waals surface area contributed by atoms with Crippen molar-refractivity contribution in [1.29, 1.82) is 0 Å². The molecule has 1 aliphatic rings. The maximum atomic E-state index is 11.1. The summed E-state index contributed by atoms with van der Waals surface area (Å²) < 4.78 is 5.96. The number of carboxylic acids is 1. The number of hydrogen-bond donors (Lipinski definition) is 3. The number of carbonyl (C=O) groups is 1. The van der Waals surface area contributed by atoms with E-state index in [4.69, 9.17) is 21.4 Å². The Kier molecular flexibility index (Phi) is 5.64. The molecule has 0 aliphatic heterocycles. The number of carboxylic acid groups (broad SMARTS) is 1. The average molecular weight is 464 g/mol. The number of aromatic nitrogens is 3. The summed E-state index contributed by atoms with van der Waals surface area (Å²) in [5.74, 6) is -0.804. The number of halogens is 1. The van der Waals surface area contributed by atoms with Gasteiger partial charge in [0.15, 0.2) is 5.65 Å². The second kappa shape index (κ2) is 8.75. The zero-order valence-electron chi connectivity index (χ0n) is 17.7. The summed E-state index contributed by atoms with van der Waals surface area (Å²) in [6.45, 7) is 0. The predicted molar refractivity (Wildman–Crippen MR) is 125 cm³/mol. The van der Waals surface area contributed by atoms with E-state index in [0.717, 1.165) is 16.7 Å². The smallest absolute Gasteiger partial charge is 0.306 e. The normalized spacial score (nSPS) is 18.3. The number of hydrogen-bond acceptors (Lipinski definition) is 5. The summed E-state index contributed by atoms with van der Waals surface area (Å²) in [7, 11) is 0. The Morgan fingerprint density at radius 2 is 1.70 bits per heavy atom. The third-order valence-corrected chi connectivity index (χ3v) is 6.37.